The SMILES string of the molecule is CC(C)(C)OC(=O)N=C(CCc1cccc(-c2ccc(-c3cscn3)cc2)c1)NC(=O)OC(C)(C)C. The summed E-state index contributed by atoms with van der Waals surface area (Å²) in [4.78, 5) is 33.0. The summed E-state index contributed by atoms with van der Waals surface area (Å²) in [6.07, 6.45) is -0.548. The first-order valence-corrected chi connectivity index (χ1v) is 12.7. The van der Waals surface area contributed by atoms with Crippen molar-refractivity contribution in [2.24, 2.45) is 4.99 Å². The number of thiazole rings is 1. The van der Waals surface area contributed by atoms with Crippen LogP contribution in [0.2, 0.25) is 0 Å². The number of ether oxygens (including phenoxy) is 2. The molecule has 0 spiro atoms. The molecular weight excluding hydrogens is 474 g/mol. The molecule has 0 aliphatic heterocycles. The van der Waals surface area contributed by atoms with Crippen molar-refractivity contribution in [3.05, 3.63) is 65.0 Å². The van der Waals surface area contributed by atoms with Gasteiger partial charge in [0.15, 0.2) is 0 Å². The smallest absolute Gasteiger partial charge is 0.435 e. The Morgan fingerprint density at radius 1 is 0.917 bits per heavy atom. The quantitative estimate of drug-likeness (QED) is 0.290. The van der Waals surface area contributed by atoms with E-state index in [-0.39, 0.29) is 5.84 Å². The Balaban J connectivity index is 1.73. The fourth-order valence-corrected chi connectivity index (χ4v) is 3.88. The molecule has 1 N–H and O–H groups in total. The number of nitrogens with zero attached hydrogens (tertiary/aromatic N) is 2. The number of nitrogens with one attached hydrogen (secondary N) is 1. The van der Waals surface area contributed by atoms with Crippen LogP contribution in [0, 0.1) is 0 Å². The first-order chi connectivity index (χ1) is 16.9. The van der Waals surface area contributed by atoms with Gasteiger partial charge in [-0.05, 0) is 64.7 Å². The van der Waals surface area contributed by atoms with Crippen LogP contribution in [0.15, 0.2) is 64.4 Å². The molecule has 7 nitrogen and oxygen atoms in total. The van der Waals surface area contributed by atoms with E-state index in [0.717, 1.165) is 27.9 Å². The lowest BCUT2D eigenvalue weighted by Gasteiger charge is -2.21. The number of hydrogen-bond donors (Lipinski definition) is 1. The minimum Gasteiger partial charge on any atom is -0.444 e. The van der Waals surface area contributed by atoms with Crippen molar-refractivity contribution < 1.29 is 19.1 Å². The predicted molar refractivity (Wildman–Crippen MR) is 144 cm³/mol. The molecule has 2 aromatic carbocycles. The van der Waals surface area contributed by atoms with Gasteiger partial charge in [-0.1, -0.05) is 48.5 Å². The lowest BCUT2D eigenvalue weighted by Crippen LogP contribution is -2.37. The van der Waals surface area contributed by atoms with Crippen LogP contribution in [0.25, 0.3) is 22.4 Å². The first-order valence-electron chi connectivity index (χ1n) is 11.8. The van der Waals surface area contributed by atoms with E-state index in [2.05, 4.69) is 51.7 Å². The van der Waals surface area contributed by atoms with E-state index in [9.17, 15) is 9.59 Å². The maximum Gasteiger partial charge on any atom is 0.435 e. The lowest BCUT2D eigenvalue weighted by atomic mass is 9.99. The van der Waals surface area contributed by atoms with Gasteiger partial charge in [-0.15, -0.1) is 11.3 Å². The molecule has 0 saturated carbocycles. The van der Waals surface area contributed by atoms with Crippen molar-refractivity contribution in [1.29, 1.82) is 0 Å². The third-order valence-electron chi connectivity index (χ3n) is 4.79. The molecule has 0 radical (unpaired) electrons. The minimum absolute atomic E-state index is 0.191. The molecule has 0 bridgehead atoms. The third-order valence-corrected chi connectivity index (χ3v) is 5.38. The Morgan fingerprint density at radius 3 is 2.19 bits per heavy atom. The van der Waals surface area contributed by atoms with Crippen LogP contribution in [0.5, 0.6) is 0 Å². The molecule has 8 heteroatoms. The molecule has 0 aliphatic rings. The van der Waals surface area contributed by atoms with Gasteiger partial charge in [0.1, 0.15) is 17.0 Å². The van der Waals surface area contributed by atoms with E-state index < -0.39 is 23.4 Å². The molecule has 2 amide bonds. The molecule has 3 aromatic rings. The molecule has 1 heterocycles. The maximum atomic E-state index is 12.3. The number of aryl methyl sites for hydroxylation is 1. The zero-order valence-electron chi connectivity index (χ0n) is 21.6. The van der Waals surface area contributed by atoms with E-state index in [1.807, 2.05) is 23.0 Å². The summed E-state index contributed by atoms with van der Waals surface area (Å²) < 4.78 is 10.6. The molecule has 0 unspecified atom stereocenters. The number of amides is 2. The zero-order chi connectivity index (χ0) is 26.3. The summed E-state index contributed by atoms with van der Waals surface area (Å²) in [6, 6.07) is 16.4. The van der Waals surface area contributed by atoms with Gasteiger partial charge in [-0.3, -0.25) is 5.32 Å². The van der Waals surface area contributed by atoms with Crippen LogP contribution < -0.4 is 5.32 Å². The highest BCUT2D eigenvalue weighted by molar-refractivity contribution is 7.07. The topological polar surface area (TPSA) is 89.9 Å². The summed E-state index contributed by atoms with van der Waals surface area (Å²) in [5.74, 6) is 0.191. The average Bonchev–Trinajstić information content (AvgIpc) is 3.30. The first kappa shape index (κ1) is 27.1. The van der Waals surface area contributed by atoms with E-state index in [1.165, 1.54) is 0 Å². The zero-order valence-corrected chi connectivity index (χ0v) is 22.4. The van der Waals surface area contributed by atoms with Crippen molar-refractivity contribution in [2.75, 3.05) is 0 Å². The molecule has 1 aromatic heterocycles. The van der Waals surface area contributed by atoms with Crippen LogP contribution in [0.1, 0.15) is 53.5 Å². The third kappa shape index (κ3) is 8.92. The van der Waals surface area contributed by atoms with Gasteiger partial charge in [0.2, 0.25) is 0 Å². The van der Waals surface area contributed by atoms with Gasteiger partial charge in [0.25, 0.3) is 0 Å². The molecule has 190 valence electrons. The van der Waals surface area contributed by atoms with Crippen LogP contribution in [-0.4, -0.2) is 34.2 Å². The number of benzene rings is 2. The van der Waals surface area contributed by atoms with Crippen LogP contribution >= 0.6 is 11.3 Å². The number of amidine groups is 1. The van der Waals surface area contributed by atoms with Crippen molar-refractivity contribution >= 4 is 29.4 Å². The maximum absolute atomic E-state index is 12.3. The lowest BCUT2D eigenvalue weighted by molar-refractivity contribution is 0.0561. The highest BCUT2D eigenvalue weighted by Crippen LogP contribution is 2.25. The number of aromatic nitrogens is 1. The molecule has 3 rings (SSSR count). The number of carbonyl (C=O) groups is 2. The number of carbonyl (C=O) groups excluding carboxylic acids is 2. The van der Waals surface area contributed by atoms with Crippen molar-refractivity contribution in [2.45, 2.75) is 65.6 Å². The monoisotopic (exact) mass is 507 g/mol. The Morgan fingerprint density at radius 2 is 1.58 bits per heavy atom. The second-order valence-electron chi connectivity index (χ2n) is 10.3. The number of alkyl carbamates (subject to hydrolysis) is 1. The molecule has 0 saturated heterocycles. The Bertz CT molecular complexity index is 1200. The van der Waals surface area contributed by atoms with Crippen molar-refractivity contribution in [1.82, 2.24) is 10.3 Å². The Labute approximate surface area is 216 Å². The summed E-state index contributed by atoms with van der Waals surface area (Å²) in [5, 5.41) is 4.63. The highest BCUT2D eigenvalue weighted by Gasteiger charge is 2.20. The van der Waals surface area contributed by atoms with Gasteiger partial charge in [-0.25, -0.2) is 14.6 Å². The molecule has 0 atom stereocenters. The van der Waals surface area contributed by atoms with Gasteiger partial charge >= 0.3 is 12.2 Å². The molecule has 36 heavy (non-hydrogen) atoms. The van der Waals surface area contributed by atoms with E-state index in [1.54, 1.807) is 52.9 Å². The van der Waals surface area contributed by atoms with Gasteiger partial charge in [-0.2, -0.15) is 4.99 Å². The summed E-state index contributed by atoms with van der Waals surface area (Å²) in [5.41, 5.74) is 5.70. The van der Waals surface area contributed by atoms with Crippen LogP contribution in [-0.2, 0) is 15.9 Å². The second kappa shape index (κ2) is 11.5. The minimum atomic E-state index is -0.762. The van der Waals surface area contributed by atoms with Crippen molar-refractivity contribution in [3.63, 3.8) is 0 Å². The highest BCUT2D eigenvalue weighted by atomic mass is 32.1. The Hall–Kier alpha value is -3.52. The van der Waals surface area contributed by atoms with Crippen molar-refractivity contribution in [3.8, 4) is 22.4 Å². The van der Waals surface area contributed by atoms with Gasteiger partial charge in [0.05, 0.1) is 11.2 Å². The predicted octanol–water partition coefficient (Wildman–Crippen LogP) is 7.27. The summed E-state index contributed by atoms with van der Waals surface area (Å²) in [7, 11) is 0. The van der Waals surface area contributed by atoms with Gasteiger partial charge < -0.3 is 9.47 Å². The summed E-state index contributed by atoms with van der Waals surface area (Å²) >= 11 is 1.57. The van der Waals surface area contributed by atoms with E-state index >= 15 is 0 Å². The van der Waals surface area contributed by atoms with Gasteiger partial charge in [0, 0.05) is 17.4 Å². The van der Waals surface area contributed by atoms with Crippen LogP contribution in [0.3, 0.4) is 0 Å². The normalized spacial score (nSPS) is 12.2. The Kier molecular flexibility index (Phi) is 8.63. The number of rotatable bonds is 5. The standard InChI is InChI=1S/C28H33N3O4S/c1-27(2,3)34-25(32)30-24(31-26(33)35-28(4,5)6)15-10-19-8-7-9-22(16-19)20-11-13-21(14-12-20)23-17-36-18-29-23/h7-9,11-14,16-18H,10,15H2,1-6H3,(H,30,31,32,33). The van der Waals surface area contributed by atoms with E-state index in [0.29, 0.717) is 12.8 Å². The molecule has 0 aliphatic carbocycles. The summed E-state index contributed by atoms with van der Waals surface area (Å²) in [6.45, 7) is 10.6. The second-order valence-corrected chi connectivity index (χ2v) is 11.0. The molecule has 0 fully saturated rings. The number of aliphatic imine (C=N–C) groups is 1. The van der Waals surface area contributed by atoms with Crippen LogP contribution in [0.4, 0.5) is 9.59 Å². The fraction of sp³-hybridized carbons (Fsp3) is 0.357. The van der Waals surface area contributed by atoms with E-state index in [4.69, 9.17) is 9.47 Å². The fourth-order valence-electron chi connectivity index (χ4n) is 3.32. The molecular formula is C28H33N3O4S. The average molecular weight is 508 g/mol. The number of hydrogen-bond acceptors (Lipinski definition) is 6. The largest absolute Gasteiger partial charge is 0.444 e.